The third-order valence-corrected chi connectivity index (χ3v) is 14.6. The number of unbranched alkanes of at least 4 members (excludes halogenated alkanes) is 30. The number of ether oxygens (including phenoxy) is 10. The van der Waals surface area contributed by atoms with E-state index < -0.39 is 7.45 Å². The molecule has 0 aromatic heterocycles. The monoisotopic (exact) mass is 1140 g/mol. The first-order valence-corrected chi connectivity index (χ1v) is 34.1. The standard InChI is InChI=1S/C63H119FN3O11P/c1-4-6-8-10-12-14-16-18-20-22-24-26-28-30-32-34-36-77-62-54-60(55-63(56-62)78-37-35-33-31-29-27-25-23-21-19-17-15-13-11-9-7-5-2)57-66-58-61(67-65)59-76-51-50-74-47-46-72-43-42-70-39-38-69-40-41-71-44-45-73-48-49-75-52-53-79(3,64)68/h54-56,58H,4-53,57,59,65H2,1-3H3. The van der Waals surface area contributed by atoms with Gasteiger partial charge in [0.15, 0.2) is 0 Å². The fraction of sp³-hybridized carbons (Fsp3) is 0.873. The molecule has 79 heavy (non-hydrogen) atoms. The maximum absolute atomic E-state index is 13.0. The Balaban J connectivity index is 2.27. The second kappa shape index (κ2) is 60.4. The van der Waals surface area contributed by atoms with Crippen molar-refractivity contribution < 1.29 is 56.1 Å². The van der Waals surface area contributed by atoms with Gasteiger partial charge in [0.2, 0.25) is 7.45 Å². The SMILES string of the molecule is CCCCCCCCCCCCCCCCCCOc1cc(CN=CC(COCCOCCOCCOCCOCCOCCOCCOCCP(C)(=O)F)=NN)cc(OCCCCCCCCCCCCCCCCCC)c1. The van der Waals surface area contributed by atoms with Crippen molar-refractivity contribution in [3.63, 3.8) is 0 Å². The minimum Gasteiger partial charge on any atom is -0.493 e. The van der Waals surface area contributed by atoms with Gasteiger partial charge in [0.05, 0.1) is 132 Å². The molecule has 0 aliphatic carbocycles. The Bertz CT molecular complexity index is 1470. The second-order valence-corrected chi connectivity index (χ2v) is 23.7. The molecule has 0 saturated carbocycles. The lowest BCUT2D eigenvalue weighted by molar-refractivity contribution is -0.0221. The van der Waals surface area contributed by atoms with E-state index in [0.29, 0.717) is 118 Å². The van der Waals surface area contributed by atoms with Gasteiger partial charge in [-0.2, -0.15) is 9.30 Å². The lowest BCUT2D eigenvalue weighted by Gasteiger charge is -2.12. The highest BCUT2D eigenvalue weighted by molar-refractivity contribution is 7.57. The van der Waals surface area contributed by atoms with Crippen molar-refractivity contribution in [1.82, 2.24) is 0 Å². The molecular weight excluding hydrogens is 1020 g/mol. The van der Waals surface area contributed by atoms with Crippen molar-refractivity contribution >= 4 is 19.4 Å². The number of nitrogens with zero attached hydrogens (tertiary/aromatic N) is 2. The van der Waals surface area contributed by atoms with Crippen LogP contribution in [-0.2, 0) is 49.0 Å². The molecule has 0 bridgehead atoms. The van der Waals surface area contributed by atoms with Crippen LogP contribution in [-0.4, -0.2) is 144 Å². The van der Waals surface area contributed by atoms with Crippen LogP contribution in [0.2, 0.25) is 0 Å². The minimum atomic E-state index is -3.52. The largest absolute Gasteiger partial charge is 0.493 e. The third-order valence-electron chi connectivity index (χ3n) is 13.6. The molecule has 1 unspecified atom stereocenters. The number of hydrazone groups is 1. The van der Waals surface area contributed by atoms with Crippen LogP contribution in [0.5, 0.6) is 11.5 Å². The Kier molecular flexibility index (Phi) is 57.2. The summed E-state index contributed by atoms with van der Waals surface area (Å²) in [5, 5.41) is 3.89. The molecule has 0 heterocycles. The van der Waals surface area contributed by atoms with E-state index in [0.717, 1.165) is 36.6 Å². The van der Waals surface area contributed by atoms with Crippen LogP contribution < -0.4 is 15.3 Å². The van der Waals surface area contributed by atoms with Gasteiger partial charge in [-0.1, -0.05) is 206 Å². The first-order chi connectivity index (χ1) is 38.9. The minimum absolute atomic E-state index is 0.0689. The van der Waals surface area contributed by atoms with Crippen LogP contribution in [0.1, 0.15) is 225 Å². The second-order valence-electron chi connectivity index (χ2n) is 21.3. The predicted octanol–water partition coefficient (Wildman–Crippen LogP) is 15.9. The van der Waals surface area contributed by atoms with Crippen molar-refractivity contribution in [3.8, 4) is 11.5 Å². The first kappa shape index (κ1) is 74.8. The van der Waals surface area contributed by atoms with E-state index in [2.05, 4.69) is 36.1 Å². The Labute approximate surface area is 482 Å². The van der Waals surface area contributed by atoms with Crippen LogP contribution >= 0.6 is 7.45 Å². The molecule has 1 atom stereocenters. The fourth-order valence-corrected chi connectivity index (χ4v) is 9.33. The molecule has 0 aliphatic rings. The van der Waals surface area contributed by atoms with Gasteiger partial charge < -0.3 is 53.2 Å². The molecule has 1 aromatic rings. The highest BCUT2D eigenvalue weighted by atomic mass is 31.2. The fourth-order valence-electron chi connectivity index (χ4n) is 8.88. The molecule has 2 N–H and O–H groups in total. The van der Waals surface area contributed by atoms with Crippen molar-refractivity contribution in [2.75, 3.05) is 132 Å². The number of nitrogens with two attached hydrogens (primary N) is 1. The number of hydrogen-bond donors (Lipinski definition) is 1. The molecular formula is C63H119FN3O11P. The highest BCUT2D eigenvalue weighted by Crippen LogP contribution is 2.41. The van der Waals surface area contributed by atoms with Gasteiger partial charge in [-0.15, -0.1) is 0 Å². The lowest BCUT2D eigenvalue weighted by Crippen LogP contribution is -2.17. The summed E-state index contributed by atoms with van der Waals surface area (Å²) < 4.78 is 80.6. The molecule has 0 radical (unpaired) electrons. The molecule has 0 aliphatic heterocycles. The molecule has 16 heteroatoms. The van der Waals surface area contributed by atoms with Gasteiger partial charge in [0, 0.05) is 18.9 Å². The first-order valence-electron chi connectivity index (χ1n) is 31.9. The van der Waals surface area contributed by atoms with Crippen LogP contribution in [0.3, 0.4) is 0 Å². The number of hydrogen-bond acceptors (Lipinski definition) is 14. The highest BCUT2D eigenvalue weighted by Gasteiger charge is 2.11. The third kappa shape index (κ3) is 57.4. The van der Waals surface area contributed by atoms with Crippen LogP contribution in [0.4, 0.5) is 4.20 Å². The summed E-state index contributed by atoms with van der Waals surface area (Å²) >= 11 is 0. The number of aliphatic imine (C=N–C) groups is 1. The smallest absolute Gasteiger partial charge is 0.243 e. The zero-order valence-corrected chi connectivity index (χ0v) is 51.8. The molecule has 464 valence electrons. The molecule has 0 fully saturated rings. The average Bonchev–Trinajstić information content (AvgIpc) is 3.44. The number of rotatable bonds is 65. The molecule has 0 amide bonds. The molecule has 14 nitrogen and oxygen atoms in total. The van der Waals surface area contributed by atoms with E-state index in [1.54, 1.807) is 6.21 Å². The van der Waals surface area contributed by atoms with Gasteiger partial charge in [0.1, 0.15) is 17.2 Å². The summed E-state index contributed by atoms with van der Waals surface area (Å²) in [5.74, 6) is 7.36. The van der Waals surface area contributed by atoms with Crippen LogP contribution in [0.25, 0.3) is 0 Å². The maximum Gasteiger partial charge on any atom is 0.243 e. The molecule has 1 aromatic carbocycles. The van der Waals surface area contributed by atoms with E-state index in [1.807, 2.05) is 6.07 Å². The Morgan fingerprint density at radius 2 is 0.696 bits per heavy atom. The average molecular weight is 1140 g/mol. The lowest BCUT2D eigenvalue weighted by atomic mass is 10.0. The zero-order valence-electron chi connectivity index (χ0n) is 50.9. The molecule has 0 spiro atoms. The molecule has 1 rings (SSSR count). The van der Waals surface area contributed by atoms with Gasteiger partial charge in [-0.05, 0) is 30.5 Å². The Morgan fingerprint density at radius 3 is 0.987 bits per heavy atom. The Morgan fingerprint density at radius 1 is 0.418 bits per heavy atom. The van der Waals surface area contributed by atoms with E-state index in [4.69, 9.17) is 53.2 Å². The summed E-state index contributed by atoms with van der Waals surface area (Å²) in [5.41, 5.74) is 1.56. The Hall–Kier alpha value is -2.20. The van der Waals surface area contributed by atoms with Crippen molar-refractivity contribution in [2.24, 2.45) is 15.9 Å². The number of benzene rings is 1. The number of halogens is 1. The van der Waals surface area contributed by atoms with Gasteiger partial charge in [-0.25, -0.2) is 0 Å². The topological polar surface area (TPSA) is 160 Å². The van der Waals surface area contributed by atoms with E-state index in [9.17, 15) is 8.76 Å². The van der Waals surface area contributed by atoms with Crippen LogP contribution in [0, 0.1) is 0 Å². The summed E-state index contributed by atoms with van der Waals surface area (Å²) in [6.45, 7) is 13.9. The van der Waals surface area contributed by atoms with Crippen molar-refractivity contribution in [1.29, 1.82) is 0 Å². The normalized spacial score (nSPS) is 12.8. The van der Waals surface area contributed by atoms with Crippen molar-refractivity contribution in [3.05, 3.63) is 23.8 Å². The van der Waals surface area contributed by atoms with E-state index in [-0.39, 0.29) is 19.4 Å². The predicted molar refractivity (Wildman–Crippen MR) is 326 cm³/mol. The van der Waals surface area contributed by atoms with E-state index >= 15 is 0 Å². The van der Waals surface area contributed by atoms with Crippen molar-refractivity contribution in [2.45, 2.75) is 226 Å². The summed E-state index contributed by atoms with van der Waals surface area (Å²) in [6.07, 6.45) is 44.8. The van der Waals surface area contributed by atoms with Crippen LogP contribution in [0.15, 0.2) is 28.3 Å². The van der Waals surface area contributed by atoms with Gasteiger partial charge in [0.25, 0.3) is 0 Å². The summed E-state index contributed by atoms with van der Waals surface area (Å²) in [4.78, 5) is 4.66. The quantitative estimate of drug-likeness (QED) is 0.0216. The maximum atomic E-state index is 13.0. The van der Waals surface area contributed by atoms with Gasteiger partial charge in [-0.3, -0.25) is 9.56 Å². The zero-order chi connectivity index (χ0) is 56.9. The molecule has 0 saturated heterocycles. The van der Waals surface area contributed by atoms with E-state index in [1.165, 1.54) is 193 Å². The summed E-state index contributed by atoms with van der Waals surface area (Å²) in [6, 6.07) is 6.17. The van der Waals surface area contributed by atoms with Gasteiger partial charge >= 0.3 is 0 Å². The summed E-state index contributed by atoms with van der Waals surface area (Å²) in [7, 11) is -3.52.